The highest BCUT2D eigenvalue weighted by Crippen LogP contribution is 2.31. The van der Waals surface area contributed by atoms with Gasteiger partial charge in [0.05, 0.1) is 14.2 Å². The summed E-state index contributed by atoms with van der Waals surface area (Å²) in [6, 6.07) is 10.7. The van der Waals surface area contributed by atoms with E-state index in [2.05, 4.69) is 5.32 Å². The van der Waals surface area contributed by atoms with Crippen LogP contribution < -0.4 is 19.0 Å². The van der Waals surface area contributed by atoms with Gasteiger partial charge in [-0.2, -0.15) is 8.42 Å². The molecule has 0 aromatic heterocycles. The highest BCUT2D eigenvalue weighted by molar-refractivity contribution is 7.87. The number of benzene rings is 2. The summed E-state index contributed by atoms with van der Waals surface area (Å²) < 4.78 is 41.3. The Labute approximate surface area is 190 Å². The van der Waals surface area contributed by atoms with Gasteiger partial charge in [0.25, 0.3) is 0 Å². The van der Waals surface area contributed by atoms with Crippen LogP contribution in [0.2, 0.25) is 0 Å². The third-order valence-corrected chi connectivity index (χ3v) is 5.68. The van der Waals surface area contributed by atoms with Crippen LogP contribution in [-0.2, 0) is 16.7 Å². The van der Waals surface area contributed by atoms with Crippen molar-refractivity contribution < 1.29 is 26.9 Å². The van der Waals surface area contributed by atoms with E-state index >= 15 is 0 Å². The molecule has 0 aliphatic rings. The molecule has 9 heteroatoms. The first-order valence-corrected chi connectivity index (χ1v) is 11.8. The maximum absolute atomic E-state index is 12.8. The van der Waals surface area contributed by atoms with E-state index in [4.69, 9.17) is 13.7 Å². The normalized spacial score (nSPS) is 11.4. The molecule has 2 amide bonds. The lowest BCUT2D eigenvalue weighted by atomic mass is 10.1. The van der Waals surface area contributed by atoms with Crippen LogP contribution >= 0.6 is 0 Å². The van der Waals surface area contributed by atoms with Gasteiger partial charge in [0.2, 0.25) is 0 Å². The molecule has 2 aromatic carbocycles. The van der Waals surface area contributed by atoms with Gasteiger partial charge in [0.1, 0.15) is 10.6 Å². The van der Waals surface area contributed by atoms with Crippen LogP contribution in [0.3, 0.4) is 0 Å². The molecule has 176 valence electrons. The van der Waals surface area contributed by atoms with Crippen molar-refractivity contribution in [3.8, 4) is 17.2 Å². The Kier molecular flexibility index (Phi) is 8.77. The Bertz CT molecular complexity index is 1000. The van der Waals surface area contributed by atoms with Crippen LogP contribution in [0.1, 0.15) is 33.3 Å². The zero-order chi connectivity index (χ0) is 23.9. The smallest absolute Gasteiger partial charge is 0.339 e. The van der Waals surface area contributed by atoms with Crippen molar-refractivity contribution in [1.82, 2.24) is 10.2 Å². The fourth-order valence-electron chi connectivity index (χ4n) is 3.01. The lowest BCUT2D eigenvalue weighted by molar-refractivity contribution is 0.185. The van der Waals surface area contributed by atoms with Crippen molar-refractivity contribution in [2.24, 2.45) is 5.92 Å². The number of amides is 2. The molecule has 0 saturated heterocycles. The molecule has 0 aliphatic carbocycles. The van der Waals surface area contributed by atoms with Gasteiger partial charge in [-0.15, -0.1) is 0 Å². The van der Waals surface area contributed by atoms with Crippen molar-refractivity contribution in [3.05, 3.63) is 48.0 Å². The van der Waals surface area contributed by atoms with Crippen LogP contribution in [0, 0.1) is 5.92 Å². The van der Waals surface area contributed by atoms with Crippen molar-refractivity contribution in [2.45, 2.75) is 45.2 Å². The van der Waals surface area contributed by atoms with E-state index in [1.165, 1.54) is 26.4 Å². The van der Waals surface area contributed by atoms with Crippen molar-refractivity contribution >= 4 is 16.1 Å². The van der Waals surface area contributed by atoms with Crippen LogP contribution in [0.15, 0.2) is 47.4 Å². The lowest BCUT2D eigenvalue weighted by Gasteiger charge is -2.26. The fraction of sp³-hybridized carbons (Fsp3) is 0.435. The summed E-state index contributed by atoms with van der Waals surface area (Å²) in [7, 11) is -1.16. The first-order valence-electron chi connectivity index (χ1n) is 10.4. The Morgan fingerprint density at radius 2 is 1.62 bits per heavy atom. The Morgan fingerprint density at radius 1 is 0.969 bits per heavy atom. The standard InChI is InChI=1S/C23H32N2O6S/c1-16(2)14-25(23(26)24-17(3)4)15-18-7-12-21(30-6)22(13-18)31-32(27,28)20-10-8-19(29-5)9-11-20/h7-13,16-17H,14-15H2,1-6H3,(H,24,26). The molecule has 0 unspecified atom stereocenters. The van der Waals surface area contributed by atoms with Crippen LogP contribution in [0.5, 0.6) is 17.2 Å². The maximum Gasteiger partial charge on any atom is 0.339 e. The second-order valence-corrected chi connectivity index (χ2v) is 9.62. The second-order valence-electron chi connectivity index (χ2n) is 8.08. The number of urea groups is 1. The molecule has 8 nitrogen and oxygen atoms in total. The van der Waals surface area contributed by atoms with Gasteiger partial charge in [-0.05, 0) is 61.7 Å². The van der Waals surface area contributed by atoms with Crippen LogP contribution in [0.25, 0.3) is 0 Å². The quantitative estimate of drug-likeness (QED) is 0.533. The van der Waals surface area contributed by atoms with E-state index in [0.717, 1.165) is 0 Å². The van der Waals surface area contributed by atoms with E-state index in [9.17, 15) is 13.2 Å². The second kappa shape index (κ2) is 11.1. The van der Waals surface area contributed by atoms with Gasteiger partial charge >= 0.3 is 16.1 Å². The molecule has 0 bridgehead atoms. The average Bonchev–Trinajstić information content (AvgIpc) is 2.72. The minimum absolute atomic E-state index is 0.00145. The molecule has 0 radical (unpaired) electrons. The molecule has 0 atom stereocenters. The van der Waals surface area contributed by atoms with Crippen LogP contribution in [0.4, 0.5) is 4.79 Å². The van der Waals surface area contributed by atoms with Crippen molar-refractivity contribution in [2.75, 3.05) is 20.8 Å². The number of carbonyl (C=O) groups is 1. The summed E-state index contributed by atoms with van der Waals surface area (Å²) in [6.45, 7) is 8.69. The minimum atomic E-state index is -4.10. The molecule has 1 N–H and O–H groups in total. The monoisotopic (exact) mass is 464 g/mol. The number of nitrogens with one attached hydrogen (secondary N) is 1. The molecular formula is C23H32N2O6S. The van der Waals surface area contributed by atoms with Gasteiger partial charge in [-0.25, -0.2) is 4.79 Å². The highest BCUT2D eigenvalue weighted by Gasteiger charge is 2.21. The molecular weight excluding hydrogens is 432 g/mol. The molecule has 32 heavy (non-hydrogen) atoms. The molecule has 2 rings (SSSR count). The molecule has 0 fully saturated rings. The average molecular weight is 465 g/mol. The van der Waals surface area contributed by atoms with Crippen LogP contribution in [-0.4, -0.2) is 46.2 Å². The topological polar surface area (TPSA) is 94.2 Å². The van der Waals surface area contributed by atoms with Crippen molar-refractivity contribution in [1.29, 1.82) is 0 Å². The Hall–Kier alpha value is -2.94. The summed E-state index contributed by atoms with van der Waals surface area (Å²) in [5.74, 6) is 1.12. The van der Waals surface area contributed by atoms with Gasteiger partial charge < -0.3 is 23.9 Å². The zero-order valence-corrected chi connectivity index (χ0v) is 20.2. The fourth-order valence-corrected chi connectivity index (χ4v) is 3.94. The first kappa shape index (κ1) is 25.3. The molecule has 0 spiro atoms. The minimum Gasteiger partial charge on any atom is -0.497 e. The van der Waals surface area contributed by atoms with E-state index in [-0.39, 0.29) is 34.4 Å². The summed E-state index contributed by atoms with van der Waals surface area (Å²) in [4.78, 5) is 14.3. The van der Waals surface area contributed by atoms with Gasteiger partial charge in [-0.1, -0.05) is 19.9 Å². The maximum atomic E-state index is 12.8. The van der Waals surface area contributed by atoms with Gasteiger partial charge in [0, 0.05) is 19.1 Å². The van der Waals surface area contributed by atoms with E-state index in [1.54, 1.807) is 35.2 Å². The molecule has 0 saturated carbocycles. The summed E-state index contributed by atoms with van der Waals surface area (Å²) in [5.41, 5.74) is 0.713. The Balaban J connectivity index is 2.31. The molecule has 0 heterocycles. The number of ether oxygens (including phenoxy) is 2. The SMILES string of the molecule is COc1ccc(S(=O)(=O)Oc2cc(CN(CC(C)C)C(=O)NC(C)C)ccc2OC)cc1. The van der Waals surface area contributed by atoms with E-state index in [1.807, 2.05) is 27.7 Å². The van der Waals surface area contributed by atoms with Crippen molar-refractivity contribution in [3.63, 3.8) is 0 Å². The predicted octanol–water partition coefficient (Wildman–Crippen LogP) is 4.05. The number of rotatable bonds is 10. The molecule has 2 aromatic rings. The number of hydrogen-bond donors (Lipinski definition) is 1. The number of hydrogen-bond acceptors (Lipinski definition) is 6. The highest BCUT2D eigenvalue weighted by atomic mass is 32.2. The summed E-state index contributed by atoms with van der Waals surface area (Å²) in [5, 5.41) is 2.90. The summed E-state index contributed by atoms with van der Waals surface area (Å²) in [6.07, 6.45) is 0. The summed E-state index contributed by atoms with van der Waals surface area (Å²) >= 11 is 0. The third-order valence-electron chi connectivity index (χ3n) is 4.43. The number of methoxy groups -OCH3 is 2. The third kappa shape index (κ3) is 7.05. The zero-order valence-electron chi connectivity index (χ0n) is 19.4. The number of nitrogens with zero attached hydrogens (tertiary/aromatic N) is 1. The molecule has 0 aliphatic heterocycles. The number of carbonyl (C=O) groups excluding carboxylic acids is 1. The van der Waals surface area contributed by atoms with E-state index < -0.39 is 10.1 Å². The van der Waals surface area contributed by atoms with Gasteiger partial charge in [-0.3, -0.25) is 0 Å². The Morgan fingerprint density at radius 3 is 2.16 bits per heavy atom. The first-order chi connectivity index (χ1) is 15.1. The predicted molar refractivity (Wildman–Crippen MR) is 123 cm³/mol. The van der Waals surface area contributed by atoms with E-state index in [0.29, 0.717) is 24.4 Å². The largest absolute Gasteiger partial charge is 0.497 e. The lowest BCUT2D eigenvalue weighted by Crippen LogP contribution is -2.44. The van der Waals surface area contributed by atoms with Gasteiger partial charge in [0.15, 0.2) is 11.5 Å².